The molecule has 11 heteroatoms. The summed E-state index contributed by atoms with van der Waals surface area (Å²) in [6.45, 7) is -0.948. The van der Waals surface area contributed by atoms with Crippen LogP contribution in [0.1, 0.15) is 0 Å². The van der Waals surface area contributed by atoms with Gasteiger partial charge in [0.1, 0.15) is 6.54 Å². The van der Waals surface area contributed by atoms with Crippen molar-refractivity contribution in [3.8, 4) is 0 Å². The fourth-order valence-corrected chi connectivity index (χ4v) is 1.59. The molecule has 0 aromatic carbocycles. The molecule has 0 amide bonds. The molecule has 1 aromatic rings. The fourth-order valence-electron chi connectivity index (χ4n) is 0.955. The average Bonchev–Trinajstić information content (AvgIpc) is 2.45. The molecule has 1 heterocycles. The number of rotatable bonds is 4. The quantitative estimate of drug-likeness (QED) is 0.585. The second-order valence-electron chi connectivity index (χ2n) is 2.73. The minimum atomic E-state index is -4.36. The standard InChI is InChI=1S/C5H6F2N4O4S/c6-4(7)2-10-1-3(16(8,14)15)5(9-10)11(12)13/h1,4H,2H2,(H2,8,14,15). The van der Waals surface area contributed by atoms with Crippen LogP contribution in [0.4, 0.5) is 14.6 Å². The molecule has 0 spiro atoms. The van der Waals surface area contributed by atoms with Gasteiger partial charge in [-0.1, -0.05) is 0 Å². The van der Waals surface area contributed by atoms with Gasteiger partial charge in [0.25, 0.3) is 6.43 Å². The first-order chi connectivity index (χ1) is 7.21. The van der Waals surface area contributed by atoms with E-state index >= 15 is 0 Å². The predicted octanol–water partition coefficient (Wildman–Crippen LogP) is -0.296. The van der Waals surface area contributed by atoms with Crippen molar-refractivity contribution < 1.29 is 22.1 Å². The SMILES string of the molecule is NS(=O)(=O)c1cn(CC(F)F)nc1[N+](=O)[O-]. The Balaban J connectivity index is 3.27. The van der Waals surface area contributed by atoms with Crippen LogP contribution in [0.3, 0.4) is 0 Å². The summed E-state index contributed by atoms with van der Waals surface area (Å²) in [6.07, 6.45) is -2.22. The molecule has 1 aromatic heterocycles. The highest BCUT2D eigenvalue weighted by Gasteiger charge is 2.29. The van der Waals surface area contributed by atoms with Gasteiger partial charge in [-0.05, 0) is 4.92 Å². The lowest BCUT2D eigenvalue weighted by atomic mass is 10.6. The molecular formula is C5H6F2N4O4S. The second-order valence-corrected chi connectivity index (χ2v) is 4.26. The lowest BCUT2D eigenvalue weighted by molar-refractivity contribution is -0.392. The van der Waals surface area contributed by atoms with Crippen molar-refractivity contribution in [1.29, 1.82) is 0 Å². The molecule has 90 valence electrons. The normalized spacial score (nSPS) is 12.0. The molecule has 0 saturated heterocycles. The first-order valence-corrected chi connectivity index (χ1v) is 5.29. The Kier molecular flexibility index (Phi) is 3.19. The van der Waals surface area contributed by atoms with Crippen LogP contribution >= 0.6 is 0 Å². The van der Waals surface area contributed by atoms with Crippen LogP contribution in [0.25, 0.3) is 0 Å². The van der Waals surface area contributed by atoms with E-state index < -0.39 is 38.6 Å². The molecule has 0 aliphatic rings. The number of primary sulfonamides is 1. The highest BCUT2D eigenvalue weighted by molar-refractivity contribution is 7.89. The first kappa shape index (κ1) is 12.4. The summed E-state index contributed by atoms with van der Waals surface area (Å²) in [5, 5.41) is 18.2. The molecule has 0 unspecified atom stereocenters. The smallest absolute Gasteiger partial charge is 0.358 e. The molecule has 0 fully saturated rings. The van der Waals surface area contributed by atoms with Gasteiger partial charge in [0.15, 0.2) is 0 Å². The molecule has 0 aliphatic heterocycles. The van der Waals surface area contributed by atoms with Gasteiger partial charge in [-0.2, -0.15) is 4.68 Å². The van der Waals surface area contributed by atoms with Crippen LogP contribution in [-0.2, 0) is 16.6 Å². The topological polar surface area (TPSA) is 121 Å². The highest BCUT2D eigenvalue weighted by Crippen LogP contribution is 2.20. The fraction of sp³-hybridized carbons (Fsp3) is 0.400. The minimum Gasteiger partial charge on any atom is -0.358 e. The molecular weight excluding hydrogens is 250 g/mol. The van der Waals surface area contributed by atoms with Crippen LogP contribution in [0, 0.1) is 10.1 Å². The Labute approximate surface area is 87.9 Å². The Hall–Kier alpha value is -1.62. The molecule has 8 nitrogen and oxygen atoms in total. The van der Waals surface area contributed by atoms with Gasteiger partial charge in [0.05, 0.1) is 11.3 Å². The summed E-state index contributed by atoms with van der Waals surface area (Å²) in [6, 6.07) is 0. The van der Waals surface area contributed by atoms with Gasteiger partial charge in [0.2, 0.25) is 14.9 Å². The van der Waals surface area contributed by atoms with Gasteiger partial charge in [-0.3, -0.25) is 0 Å². The summed E-state index contributed by atoms with van der Waals surface area (Å²) in [7, 11) is -4.36. The summed E-state index contributed by atoms with van der Waals surface area (Å²) in [5.74, 6) is -1.07. The largest absolute Gasteiger partial charge is 0.410 e. The Morgan fingerprint density at radius 3 is 2.50 bits per heavy atom. The number of nitro groups is 1. The monoisotopic (exact) mass is 256 g/mol. The van der Waals surface area contributed by atoms with Gasteiger partial charge >= 0.3 is 5.82 Å². The number of nitrogens with two attached hydrogens (primary N) is 1. The number of nitrogens with zero attached hydrogens (tertiary/aromatic N) is 3. The Bertz CT molecular complexity index is 510. The lowest BCUT2D eigenvalue weighted by Crippen LogP contribution is -2.13. The number of halogens is 2. The maximum absolute atomic E-state index is 11.9. The van der Waals surface area contributed by atoms with E-state index in [4.69, 9.17) is 0 Å². The third kappa shape index (κ3) is 2.70. The molecule has 0 saturated carbocycles. The number of alkyl halides is 2. The van der Waals surface area contributed by atoms with Crippen LogP contribution in [-0.4, -0.2) is 29.5 Å². The van der Waals surface area contributed by atoms with E-state index in [0.717, 1.165) is 0 Å². The van der Waals surface area contributed by atoms with E-state index in [1.165, 1.54) is 0 Å². The van der Waals surface area contributed by atoms with Crippen LogP contribution in [0.2, 0.25) is 0 Å². The van der Waals surface area contributed by atoms with Gasteiger partial charge in [0, 0.05) is 0 Å². The summed E-state index contributed by atoms with van der Waals surface area (Å²) >= 11 is 0. The molecule has 0 atom stereocenters. The van der Waals surface area contributed by atoms with Crippen molar-refractivity contribution in [1.82, 2.24) is 9.78 Å². The van der Waals surface area contributed by atoms with E-state index in [1.807, 2.05) is 0 Å². The van der Waals surface area contributed by atoms with E-state index in [-0.39, 0.29) is 0 Å². The number of sulfonamides is 1. The van der Waals surface area contributed by atoms with Gasteiger partial charge in [-0.25, -0.2) is 22.3 Å². The third-order valence-electron chi connectivity index (χ3n) is 1.51. The summed E-state index contributed by atoms with van der Waals surface area (Å²) in [4.78, 5) is 8.39. The molecule has 16 heavy (non-hydrogen) atoms. The zero-order chi connectivity index (χ0) is 12.5. The molecule has 0 aliphatic carbocycles. The lowest BCUT2D eigenvalue weighted by Gasteiger charge is -1.92. The molecule has 0 bridgehead atoms. The second kappa shape index (κ2) is 4.09. The summed E-state index contributed by atoms with van der Waals surface area (Å²) in [5.41, 5.74) is 0. The third-order valence-corrected chi connectivity index (χ3v) is 2.42. The summed E-state index contributed by atoms with van der Waals surface area (Å²) < 4.78 is 46.1. The molecule has 0 radical (unpaired) electrons. The van der Waals surface area contributed by atoms with Crippen molar-refractivity contribution in [2.45, 2.75) is 17.9 Å². The Morgan fingerprint density at radius 2 is 2.19 bits per heavy atom. The van der Waals surface area contributed by atoms with Crippen molar-refractivity contribution in [2.75, 3.05) is 0 Å². The number of hydrogen-bond acceptors (Lipinski definition) is 5. The van der Waals surface area contributed by atoms with E-state index in [0.29, 0.717) is 10.9 Å². The van der Waals surface area contributed by atoms with Gasteiger partial charge in [-0.15, -0.1) is 0 Å². The van der Waals surface area contributed by atoms with Crippen LogP contribution in [0.15, 0.2) is 11.1 Å². The van der Waals surface area contributed by atoms with Crippen LogP contribution in [0.5, 0.6) is 0 Å². The maximum Gasteiger partial charge on any atom is 0.410 e. The van der Waals surface area contributed by atoms with Gasteiger partial charge < -0.3 is 10.1 Å². The zero-order valence-electron chi connectivity index (χ0n) is 7.58. The van der Waals surface area contributed by atoms with E-state index in [9.17, 15) is 27.3 Å². The predicted molar refractivity (Wildman–Crippen MR) is 46.3 cm³/mol. The van der Waals surface area contributed by atoms with Crippen molar-refractivity contribution in [2.24, 2.45) is 5.14 Å². The number of aromatic nitrogens is 2. The highest BCUT2D eigenvalue weighted by atomic mass is 32.2. The Morgan fingerprint density at radius 1 is 1.62 bits per heavy atom. The minimum absolute atomic E-state index is 0.461. The van der Waals surface area contributed by atoms with E-state index in [1.54, 1.807) is 0 Å². The zero-order valence-corrected chi connectivity index (χ0v) is 8.39. The van der Waals surface area contributed by atoms with Crippen molar-refractivity contribution in [3.05, 3.63) is 16.3 Å². The average molecular weight is 256 g/mol. The molecule has 1 rings (SSSR count). The van der Waals surface area contributed by atoms with Crippen LogP contribution < -0.4 is 5.14 Å². The van der Waals surface area contributed by atoms with Crippen molar-refractivity contribution >= 4 is 15.8 Å². The van der Waals surface area contributed by atoms with E-state index in [2.05, 4.69) is 10.2 Å². The maximum atomic E-state index is 11.9. The van der Waals surface area contributed by atoms with Crippen molar-refractivity contribution in [3.63, 3.8) is 0 Å². The number of hydrogen-bond donors (Lipinski definition) is 1. The first-order valence-electron chi connectivity index (χ1n) is 3.74. The molecule has 2 N–H and O–H groups in total.